The molecule has 0 bridgehead atoms. The summed E-state index contributed by atoms with van der Waals surface area (Å²) in [6.45, 7) is 8.39. The SMILES string of the molecule is C#Cc1cnc2c(C#N)cc(N[C@H](C3=CN(C4(C(F)(F)F)CC4)NN3)c3ccc(C)nc3F)cc2c1NCC(C)(C)C. The summed E-state index contributed by atoms with van der Waals surface area (Å²) in [7, 11) is 0. The van der Waals surface area contributed by atoms with E-state index in [1.54, 1.807) is 25.1 Å². The number of benzene rings is 1. The third-order valence-corrected chi connectivity index (χ3v) is 7.29. The Morgan fingerprint density at radius 1 is 1.19 bits per heavy atom. The van der Waals surface area contributed by atoms with E-state index in [0.717, 1.165) is 5.01 Å². The average Bonchev–Trinajstić information content (AvgIpc) is 3.61. The van der Waals surface area contributed by atoms with Gasteiger partial charge in [0.2, 0.25) is 5.95 Å². The minimum Gasteiger partial charge on any atom is -0.383 e. The number of aromatic nitrogens is 2. The van der Waals surface area contributed by atoms with E-state index in [1.807, 2.05) is 0 Å². The zero-order valence-electron chi connectivity index (χ0n) is 23.5. The molecule has 2 aromatic heterocycles. The number of hydrogen-bond donors (Lipinski definition) is 4. The van der Waals surface area contributed by atoms with Gasteiger partial charge >= 0.3 is 6.18 Å². The standard InChI is InChI=1S/C30H30F4N8/c1-6-18-14-36-25-19(13-35)11-20(12-22(25)24(18)37-16-28(3,4)5)39-26(21-8-7-17(2)38-27(21)31)23-15-42(41-40-23)29(9-10-29)30(32,33)34/h1,7-8,11-12,14-15,26,39-41H,9-10,16H2,2-5H3,(H,36,37)/t26-/m0/s1. The van der Waals surface area contributed by atoms with Crippen molar-refractivity contribution >= 4 is 22.3 Å². The van der Waals surface area contributed by atoms with Crippen molar-refractivity contribution in [2.45, 2.75) is 58.3 Å². The van der Waals surface area contributed by atoms with Gasteiger partial charge in [0.25, 0.3) is 0 Å². The summed E-state index contributed by atoms with van der Waals surface area (Å²) in [4.78, 5) is 8.35. The molecule has 12 heteroatoms. The number of anilines is 2. The molecule has 1 aliphatic carbocycles. The number of fused-ring (bicyclic) bond motifs is 1. The molecule has 1 atom stereocenters. The average molecular weight is 579 g/mol. The van der Waals surface area contributed by atoms with E-state index in [4.69, 9.17) is 6.42 Å². The molecule has 5 rings (SSSR count). The van der Waals surface area contributed by atoms with Crippen LogP contribution >= 0.6 is 0 Å². The third kappa shape index (κ3) is 5.38. The van der Waals surface area contributed by atoms with Crippen molar-refractivity contribution in [1.82, 2.24) is 25.9 Å². The molecule has 0 amide bonds. The summed E-state index contributed by atoms with van der Waals surface area (Å²) in [5.41, 5.74) is 6.17. The molecule has 0 unspecified atom stereocenters. The van der Waals surface area contributed by atoms with Crippen LogP contribution in [0.1, 0.15) is 62.0 Å². The van der Waals surface area contributed by atoms with Crippen molar-refractivity contribution in [1.29, 1.82) is 5.26 Å². The van der Waals surface area contributed by atoms with Crippen molar-refractivity contribution in [2.75, 3.05) is 17.2 Å². The number of hydrogen-bond acceptors (Lipinski definition) is 8. The van der Waals surface area contributed by atoms with Gasteiger partial charge in [0, 0.05) is 41.3 Å². The Bertz CT molecular complexity index is 1660. The van der Waals surface area contributed by atoms with Gasteiger partial charge in [0.15, 0.2) is 5.54 Å². The molecule has 1 saturated carbocycles. The first-order valence-electron chi connectivity index (χ1n) is 13.3. The molecule has 4 N–H and O–H groups in total. The van der Waals surface area contributed by atoms with E-state index in [1.165, 1.54) is 18.5 Å². The second kappa shape index (κ2) is 10.4. The number of alkyl halides is 3. The highest BCUT2D eigenvalue weighted by Crippen LogP contribution is 2.53. The fourth-order valence-corrected chi connectivity index (χ4v) is 4.85. The molecule has 42 heavy (non-hydrogen) atoms. The Hall–Kier alpha value is -4.55. The molecule has 0 radical (unpaired) electrons. The van der Waals surface area contributed by atoms with Crippen LogP contribution < -0.4 is 21.6 Å². The van der Waals surface area contributed by atoms with Gasteiger partial charge in [-0.15, -0.1) is 12.0 Å². The Kier molecular flexibility index (Phi) is 7.15. The first-order valence-corrected chi connectivity index (χ1v) is 13.3. The molecule has 0 saturated heterocycles. The molecule has 3 heterocycles. The Balaban J connectivity index is 1.61. The summed E-state index contributed by atoms with van der Waals surface area (Å²) in [6, 6.07) is 7.59. The zero-order chi connectivity index (χ0) is 30.4. The number of terminal acetylenes is 1. The summed E-state index contributed by atoms with van der Waals surface area (Å²) < 4.78 is 56.8. The van der Waals surface area contributed by atoms with Crippen LogP contribution in [0, 0.1) is 42.0 Å². The second-order valence-corrected chi connectivity index (χ2v) is 11.8. The van der Waals surface area contributed by atoms with E-state index >= 15 is 4.39 Å². The lowest BCUT2D eigenvalue weighted by atomic mass is 9.96. The number of halogens is 4. The van der Waals surface area contributed by atoms with Crippen LogP contribution in [0.15, 0.2) is 42.4 Å². The van der Waals surface area contributed by atoms with Gasteiger partial charge < -0.3 is 16.1 Å². The van der Waals surface area contributed by atoms with Gasteiger partial charge in [-0.05, 0) is 43.4 Å². The van der Waals surface area contributed by atoms with Gasteiger partial charge in [0.05, 0.1) is 34.1 Å². The molecule has 2 aliphatic rings. The van der Waals surface area contributed by atoms with Gasteiger partial charge in [-0.2, -0.15) is 22.8 Å². The Labute approximate surface area is 241 Å². The summed E-state index contributed by atoms with van der Waals surface area (Å²) >= 11 is 0. The van der Waals surface area contributed by atoms with Crippen molar-refractivity contribution in [2.24, 2.45) is 5.41 Å². The van der Waals surface area contributed by atoms with Gasteiger partial charge in [-0.1, -0.05) is 32.8 Å². The van der Waals surface area contributed by atoms with E-state index in [2.05, 4.69) is 64.3 Å². The number of hydrazine groups is 2. The lowest BCUT2D eigenvalue weighted by Gasteiger charge is -2.28. The van der Waals surface area contributed by atoms with Crippen molar-refractivity contribution in [3.8, 4) is 18.4 Å². The van der Waals surface area contributed by atoms with Gasteiger partial charge in [-0.25, -0.2) is 4.98 Å². The maximum absolute atomic E-state index is 15.2. The van der Waals surface area contributed by atoms with Crippen LogP contribution in [-0.2, 0) is 0 Å². The molecule has 218 valence electrons. The van der Waals surface area contributed by atoms with Crippen LogP contribution in [0.25, 0.3) is 10.9 Å². The van der Waals surface area contributed by atoms with Crippen LogP contribution in [-0.4, -0.2) is 33.2 Å². The number of pyridine rings is 2. The lowest BCUT2D eigenvalue weighted by Crippen LogP contribution is -2.52. The molecular weight excluding hydrogens is 548 g/mol. The quantitative estimate of drug-likeness (QED) is 0.159. The highest BCUT2D eigenvalue weighted by atomic mass is 19.4. The number of nitrogens with zero attached hydrogens (tertiary/aromatic N) is 4. The van der Waals surface area contributed by atoms with E-state index in [0.29, 0.717) is 40.1 Å². The van der Waals surface area contributed by atoms with Crippen LogP contribution in [0.2, 0.25) is 0 Å². The smallest absolute Gasteiger partial charge is 0.383 e. The zero-order valence-corrected chi connectivity index (χ0v) is 23.5. The van der Waals surface area contributed by atoms with Crippen molar-refractivity contribution in [3.05, 3.63) is 70.7 Å². The van der Waals surface area contributed by atoms with Crippen LogP contribution in [0.5, 0.6) is 0 Å². The molecular formula is C30H30F4N8. The second-order valence-electron chi connectivity index (χ2n) is 11.8. The lowest BCUT2D eigenvalue weighted by molar-refractivity contribution is -0.195. The Morgan fingerprint density at radius 2 is 1.93 bits per heavy atom. The minimum atomic E-state index is -4.47. The van der Waals surface area contributed by atoms with Crippen LogP contribution in [0.3, 0.4) is 0 Å². The van der Waals surface area contributed by atoms with Crippen molar-refractivity contribution in [3.63, 3.8) is 0 Å². The van der Waals surface area contributed by atoms with Crippen LogP contribution in [0.4, 0.5) is 28.9 Å². The molecule has 1 aromatic carbocycles. The molecule has 0 spiro atoms. The normalized spacial score (nSPS) is 16.7. The summed E-state index contributed by atoms with van der Waals surface area (Å²) in [5, 5.41) is 18.1. The highest BCUT2D eigenvalue weighted by Gasteiger charge is 2.67. The molecule has 3 aromatic rings. The maximum atomic E-state index is 15.2. The van der Waals surface area contributed by atoms with Crippen molar-refractivity contribution < 1.29 is 17.6 Å². The summed E-state index contributed by atoms with van der Waals surface area (Å²) in [6.07, 6.45) is 3.98. The van der Waals surface area contributed by atoms with E-state index in [9.17, 15) is 18.4 Å². The first kappa shape index (κ1) is 29.0. The predicted octanol–water partition coefficient (Wildman–Crippen LogP) is 5.80. The number of aryl methyl sites for hydroxylation is 1. The minimum absolute atomic E-state index is 0.0709. The number of nitrogens with one attached hydrogen (secondary N) is 4. The maximum Gasteiger partial charge on any atom is 0.413 e. The highest BCUT2D eigenvalue weighted by molar-refractivity contribution is 5.99. The van der Waals surface area contributed by atoms with E-state index in [-0.39, 0.29) is 35.1 Å². The van der Waals surface area contributed by atoms with Gasteiger partial charge in [0.1, 0.15) is 6.07 Å². The van der Waals surface area contributed by atoms with Gasteiger partial charge in [-0.3, -0.25) is 9.99 Å². The fraction of sp³-hybridized carbons (Fsp3) is 0.367. The number of rotatable bonds is 7. The molecule has 8 nitrogen and oxygen atoms in total. The molecule has 1 fully saturated rings. The summed E-state index contributed by atoms with van der Waals surface area (Å²) in [5.74, 6) is 1.85. The molecule has 1 aliphatic heterocycles. The predicted molar refractivity (Wildman–Crippen MR) is 152 cm³/mol. The Morgan fingerprint density at radius 3 is 2.52 bits per heavy atom. The topological polar surface area (TPSA) is 101 Å². The largest absolute Gasteiger partial charge is 0.413 e. The monoisotopic (exact) mass is 578 g/mol. The first-order chi connectivity index (χ1) is 19.8. The number of nitriles is 1. The van der Waals surface area contributed by atoms with E-state index < -0.39 is 23.7 Å². The third-order valence-electron chi connectivity index (χ3n) is 7.29. The fourth-order valence-electron chi connectivity index (χ4n) is 4.85.